The van der Waals surface area contributed by atoms with Crippen molar-refractivity contribution < 1.29 is 4.79 Å². The number of primary amides is 1. The lowest BCUT2D eigenvalue weighted by molar-refractivity contribution is 0.0999. The summed E-state index contributed by atoms with van der Waals surface area (Å²) < 4.78 is 0. The Labute approximate surface area is 96.0 Å². The van der Waals surface area contributed by atoms with E-state index in [-0.39, 0.29) is 5.91 Å². The number of hydrogen-bond acceptors (Lipinski definition) is 2. The van der Waals surface area contributed by atoms with E-state index in [2.05, 4.69) is 12.2 Å². The van der Waals surface area contributed by atoms with Crippen LogP contribution in [-0.4, -0.2) is 11.9 Å². The van der Waals surface area contributed by atoms with Gasteiger partial charge in [0.05, 0.1) is 0 Å². The third-order valence-electron chi connectivity index (χ3n) is 3.33. The van der Waals surface area contributed by atoms with Gasteiger partial charge in [0.25, 0.3) is 0 Å². The molecular formula is C13H18N2O. The molecule has 1 aromatic carbocycles. The monoisotopic (exact) mass is 218 g/mol. The number of nitrogens with two attached hydrogens (primary N) is 1. The van der Waals surface area contributed by atoms with E-state index in [0.717, 1.165) is 17.2 Å². The first kappa shape index (κ1) is 11.0. The molecule has 0 heterocycles. The molecule has 0 saturated heterocycles. The van der Waals surface area contributed by atoms with Crippen molar-refractivity contribution in [2.24, 2.45) is 11.7 Å². The summed E-state index contributed by atoms with van der Waals surface area (Å²) in [5.74, 6) is 0.459. The SMILES string of the molecule is Cc1c(NC2CC(C)C2)cccc1C(N)=O. The molecule has 0 aliphatic heterocycles. The van der Waals surface area contributed by atoms with E-state index in [1.54, 1.807) is 6.07 Å². The predicted octanol–water partition coefficient (Wildman–Crippen LogP) is 2.30. The molecule has 0 spiro atoms. The van der Waals surface area contributed by atoms with Crippen LogP contribution >= 0.6 is 0 Å². The summed E-state index contributed by atoms with van der Waals surface area (Å²) in [6.45, 7) is 4.19. The molecule has 0 aromatic heterocycles. The van der Waals surface area contributed by atoms with E-state index >= 15 is 0 Å². The zero-order chi connectivity index (χ0) is 11.7. The van der Waals surface area contributed by atoms with Crippen molar-refractivity contribution in [1.29, 1.82) is 0 Å². The van der Waals surface area contributed by atoms with Crippen LogP contribution < -0.4 is 11.1 Å². The molecule has 3 heteroatoms. The normalized spacial score (nSPS) is 23.6. The van der Waals surface area contributed by atoms with Crippen molar-refractivity contribution in [3.63, 3.8) is 0 Å². The second-order valence-corrected chi connectivity index (χ2v) is 4.76. The van der Waals surface area contributed by atoms with E-state index in [4.69, 9.17) is 5.73 Å². The molecule has 0 radical (unpaired) electrons. The van der Waals surface area contributed by atoms with Gasteiger partial charge in [0.1, 0.15) is 0 Å². The van der Waals surface area contributed by atoms with Gasteiger partial charge in [-0.1, -0.05) is 13.0 Å². The fourth-order valence-electron chi connectivity index (χ4n) is 2.30. The van der Waals surface area contributed by atoms with Crippen molar-refractivity contribution in [3.05, 3.63) is 29.3 Å². The van der Waals surface area contributed by atoms with Crippen LogP contribution in [0.1, 0.15) is 35.7 Å². The van der Waals surface area contributed by atoms with Crippen LogP contribution in [0, 0.1) is 12.8 Å². The number of hydrogen-bond donors (Lipinski definition) is 2. The van der Waals surface area contributed by atoms with Crippen LogP contribution in [-0.2, 0) is 0 Å². The highest BCUT2D eigenvalue weighted by Crippen LogP contribution is 2.30. The standard InChI is InChI=1S/C13H18N2O/c1-8-6-10(7-8)15-12-5-3-4-11(9(12)2)13(14)16/h3-5,8,10,15H,6-7H2,1-2H3,(H2,14,16). The van der Waals surface area contributed by atoms with Crippen LogP contribution in [0.3, 0.4) is 0 Å². The summed E-state index contributed by atoms with van der Waals surface area (Å²) in [4.78, 5) is 11.2. The van der Waals surface area contributed by atoms with Gasteiger partial charge in [-0.15, -0.1) is 0 Å². The summed E-state index contributed by atoms with van der Waals surface area (Å²) in [7, 11) is 0. The lowest BCUT2D eigenvalue weighted by atomic mass is 9.81. The minimum absolute atomic E-state index is 0.358. The Bertz CT molecular complexity index is 408. The number of amides is 1. The van der Waals surface area contributed by atoms with E-state index in [1.165, 1.54) is 12.8 Å². The molecule has 1 aliphatic rings. The molecule has 0 atom stereocenters. The topological polar surface area (TPSA) is 55.1 Å². The van der Waals surface area contributed by atoms with Crippen molar-refractivity contribution >= 4 is 11.6 Å². The average Bonchev–Trinajstić information content (AvgIpc) is 2.18. The minimum atomic E-state index is -0.358. The third kappa shape index (κ3) is 2.03. The Morgan fingerprint density at radius 2 is 2.12 bits per heavy atom. The molecule has 1 fully saturated rings. The summed E-state index contributed by atoms with van der Waals surface area (Å²) in [5.41, 5.74) is 7.91. The fourth-order valence-corrected chi connectivity index (χ4v) is 2.30. The Morgan fingerprint density at radius 1 is 1.44 bits per heavy atom. The number of nitrogens with one attached hydrogen (secondary N) is 1. The lowest BCUT2D eigenvalue weighted by Gasteiger charge is -2.34. The molecule has 1 aliphatic carbocycles. The molecule has 0 bridgehead atoms. The average molecular weight is 218 g/mol. The first-order chi connectivity index (χ1) is 7.58. The summed E-state index contributed by atoms with van der Waals surface area (Å²) in [5, 5.41) is 3.46. The highest BCUT2D eigenvalue weighted by molar-refractivity contribution is 5.95. The highest BCUT2D eigenvalue weighted by atomic mass is 16.1. The van der Waals surface area contributed by atoms with Gasteiger partial charge in [-0.05, 0) is 43.4 Å². The lowest BCUT2D eigenvalue weighted by Crippen LogP contribution is -2.34. The van der Waals surface area contributed by atoms with Gasteiger partial charge in [-0.3, -0.25) is 4.79 Å². The van der Waals surface area contributed by atoms with Crippen LogP contribution in [0.4, 0.5) is 5.69 Å². The van der Waals surface area contributed by atoms with Gasteiger partial charge < -0.3 is 11.1 Å². The van der Waals surface area contributed by atoms with E-state index in [1.807, 2.05) is 19.1 Å². The number of anilines is 1. The number of carbonyl (C=O) groups excluding carboxylic acids is 1. The molecule has 86 valence electrons. The molecule has 3 N–H and O–H groups in total. The third-order valence-corrected chi connectivity index (χ3v) is 3.33. The van der Waals surface area contributed by atoms with Crippen molar-refractivity contribution in [3.8, 4) is 0 Å². The van der Waals surface area contributed by atoms with E-state index in [0.29, 0.717) is 11.6 Å². The Hall–Kier alpha value is -1.51. The maximum Gasteiger partial charge on any atom is 0.249 e. The van der Waals surface area contributed by atoms with E-state index < -0.39 is 0 Å². The number of benzene rings is 1. The molecule has 1 amide bonds. The van der Waals surface area contributed by atoms with Gasteiger partial charge in [0.2, 0.25) is 5.91 Å². The highest BCUT2D eigenvalue weighted by Gasteiger charge is 2.25. The molecule has 2 rings (SSSR count). The summed E-state index contributed by atoms with van der Waals surface area (Å²) in [6, 6.07) is 6.20. The van der Waals surface area contributed by atoms with Crippen LogP contribution in [0.25, 0.3) is 0 Å². The maximum atomic E-state index is 11.2. The Balaban J connectivity index is 2.15. The zero-order valence-corrected chi connectivity index (χ0v) is 9.79. The fraction of sp³-hybridized carbons (Fsp3) is 0.462. The van der Waals surface area contributed by atoms with Gasteiger partial charge in [-0.25, -0.2) is 0 Å². The largest absolute Gasteiger partial charge is 0.382 e. The molecule has 0 unspecified atom stereocenters. The van der Waals surface area contributed by atoms with Gasteiger partial charge >= 0.3 is 0 Å². The van der Waals surface area contributed by atoms with Gasteiger partial charge in [0.15, 0.2) is 0 Å². The maximum absolute atomic E-state index is 11.2. The zero-order valence-electron chi connectivity index (χ0n) is 9.79. The molecule has 1 saturated carbocycles. The molecule has 1 aromatic rings. The Kier molecular flexibility index (Phi) is 2.86. The van der Waals surface area contributed by atoms with Crippen LogP contribution in [0.2, 0.25) is 0 Å². The summed E-state index contributed by atoms with van der Waals surface area (Å²) in [6.07, 6.45) is 2.42. The molecule has 16 heavy (non-hydrogen) atoms. The number of carbonyl (C=O) groups is 1. The van der Waals surface area contributed by atoms with Crippen molar-refractivity contribution in [2.75, 3.05) is 5.32 Å². The van der Waals surface area contributed by atoms with Crippen molar-refractivity contribution in [1.82, 2.24) is 0 Å². The Morgan fingerprint density at radius 3 is 2.69 bits per heavy atom. The molecule has 3 nitrogen and oxygen atoms in total. The second kappa shape index (κ2) is 4.16. The van der Waals surface area contributed by atoms with Gasteiger partial charge in [-0.2, -0.15) is 0 Å². The van der Waals surface area contributed by atoms with Crippen LogP contribution in [0.15, 0.2) is 18.2 Å². The second-order valence-electron chi connectivity index (χ2n) is 4.76. The first-order valence-corrected chi connectivity index (χ1v) is 5.74. The minimum Gasteiger partial charge on any atom is -0.382 e. The predicted molar refractivity (Wildman–Crippen MR) is 65.5 cm³/mol. The molecular weight excluding hydrogens is 200 g/mol. The number of rotatable bonds is 3. The summed E-state index contributed by atoms with van der Waals surface area (Å²) >= 11 is 0. The quantitative estimate of drug-likeness (QED) is 0.818. The smallest absolute Gasteiger partial charge is 0.249 e. The van der Waals surface area contributed by atoms with Gasteiger partial charge in [0, 0.05) is 17.3 Å². The first-order valence-electron chi connectivity index (χ1n) is 5.74. The van der Waals surface area contributed by atoms with Crippen LogP contribution in [0.5, 0.6) is 0 Å². The van der Waals surface area contributed by atoms with Crippen molar-refractivity contribution in [2.45, 2.75) is 32.7 Å². The van der Waals surface area contributed by atoms with E-state index in [9.17, 15) is 4.79 Å².